The summed E-state index contributed by atoms with van der Waals surface area (Å²) >= 11 is 0. The molecule has 0 radical (unpaired) electrons. The molecule has 11 nitrogen and oxygen atoms in total. The molecule has 0 saturated carbocycles. The molecule has 2 rings (SSSR count). The lowest BCUT2D eigenvalue weighted by molar-refractivity contribution is -0.310. The predicted octanol–water partition coefficient (Wildman–Crippen LogP) is 2.14. The molecule has 0 unspecified atom stereocenters. The molecule has 1 aliphatic heterocycles. The van der Waals surface area contributed by atoms with E-state index in [9.17, 15) is 30.3 Å². The molecule has 1 aromatic heterocycles. The van der Waals surface area contributed by atoms with Crippen LogP contribution in [0, 0.1) is 12.8 Å². The largest absolute Gasteiger partial charge is 0.488 e. The average Bonchev–Trinajstić information content (AvgIpc) is 2.95. The van der Waals surface area contributed by atoms with Gasteiger partial charge < -0.3 is 49.5 Å². The number of aromatic amines is 1. The van der Waals surface area contributed by atoms with Crippen molar-refractivity contribution in [3.63, 3.8) is 0 Å². The third-order valence-corrected chi connectivity index (χ3v) is 7.37. The molecule has 0 aromatic carbocycles. The van der Waals surface area contributed by atoms with E-state index >= 15 is 0 Å². The molecule has 0 bridgehead atoms. The van der Waals surface area contributed by atoms with Crippen LogP contribution in [0.3, 0.4) is 0 Å². The lowest BCUT2D eigenvalue weighted by atomic mass is 9.94. The van der Waals surface area contributed by atoms with Crippen LogP contribution >= 0.6 is 0 Å². The van der Waals surface area contributed by atoms with E-state index in [0.29, 0.717) is 11.3 Å². The molecular formula is C31H47NO10. The van der Waals surface area contributed by atoms with Crippen molar-refractivity contribution >= 4 is 6.08 Å². The van der Waals surface area contributed by atoms with E-state index < -0.39 is 49.0 Å². The summed E-state index contributed by atoms with van der Waals surface area (Å²) in [7, 11) is 2.82. The van der Waals surface area contributed by atoms with Crippen LogP contribution in [0.25, 0.3) is 6.08 Å². The molecule has 1 fully saturated rings. The Kier molecular flexibility index (Phi) is 13.2. The number of methoxy groups -OCH3 is 2. The van der Waals surface area contributed by atoms with Gasteiger partial charge in [-0.15, -0.1) is 0 Å². The number of hydrogen-bond donors (Lipinski definition) is 6. The van der Waals surface area contributed by atoms with Gasteiger partial charge in [-0.3, -0.25) is 4.79 Å². The summed E-state index contributed by atoms with van der Waals surface area (Å²) in [5, 5.41) is 51.0. The van der Waals surface area contributed by atoms with Crippen molar-refractivity contribution in [2.24, 2.45) is 5.92 Å². The van der Waals surface area contributed by atoms with Crippen LogP contribution in [-0.2, 0) is 9.47 Å². The summed E-state index contributed by atoms with van der Waals surface area (Å²) in [6.07, 6.45) is 3.75. The molecule has 0 amide bonds. The second-order valence-electron chi connectivity index (χ2n) is 10.9. The number of ether oxygens (including phenoxy) is 4. The third-order valence-electron chi connectivity index (χ3n) is 7.37. The van der Waals surface area contributed by atoms with Gasteiger partial charge in [0.15, 0.2) is 6.29 Å². The maximum absolute atomic E-state index is 12.6. The number of nitrogens with one attached hydrogen (secondary N) is 1. The van der Waals surface area contributed by atoms with Crippen LogP contribution in [0.4, 0.5) is 0 Å². The summed E-state index contributed by atoms with van der Waals surface area (Å²) in [5.41, 5.74) is 1.17. The minimum Gasteiger partial charge on any atom is -0.488 e. The normalized spacial score (nSPS) is 26.8. The SMILES string of the molecule is C/C=C(/C)[C@@H](O[C@@H]1O[C@H](CO)[C@@H](O)[C@H](O)[C@H]1O)[C@@H](C)/C=C(C)\C=C\C[C@](C)(O)/C=C\c1[nH]c(OC)c(OC)c(=O)c1C. The fourth-order valence-corrected chi connectivity index (χ4v) is 4.67. The van der Waals surface area contributed by atoms with Crippen LogP contribution < -0.4 is 14.9 Å². The minimum absolute atomic E-state index is 0.0868. The Morgan fingerprint density at radius 2 is 1.81 bits per heavy atom. The topological polar surface area (TPSA) is 171 Å². The van der Waals surface area contributed by atoms with Gasteiger partial charge in [-0.25, -0.2) is 0 Å². The number of aliphatic hydroxyl groups excluding tert-OH is 4. The molecule has 236 valence electrons. The first-order valence-corrected chi connectivity index (χ1v) is 13.9. The predicted molar refractivity (Wildman–Crippen MR) is 159 cm³/mol. The van der Waals surface area contributed by atoms with E-state index in [1.807, 2.05) is 52.0 Å². The van der Waals surface area contributed by atoms with Gasteiger partial charge >= 0.3 is 0 Å². The maximum Gasteiger partial charge on any atom is 0.238 e. The van der Waals surface area contributed by atoms with Crippen molar-refractivity contribution in [3.8, 4) is 11.6 Å². The minimum atomic E-state index is -1.53. The fraction of sp³-hybridized carbons (Fsp3) is 0.581. The first kappa shape index (κ1) is 35.4. The highest BCUT2D eigenvalue weighted by atomic mass is 16.7. The van der Waals surface area contributed by atoms with Crippen molar-refractivity contribution in [3.05, 3.63) is 63.0 Å². The quantitative estimate of drug-likeness (QED) is 0.147. The molecule has 2 heterocycles. The van der Waals surface area contributed by atoms with Crippen LogP contribution in [0.15, 0.2) is 46.3 Å². The molecule has 8 atom stereocenters. The number of hydrogen-bond acceptors (Lipinski definition) is 10. The van der Waals surface area contributed by atoms with Crippen LogP contribution in [0.5, 0.6) is 11.6 Å². The summed E-state index contributed by atoms with van der Waals surface area (Å²) in [5.74, 6) is 0.0939. The summed E-state index contributed by atoms with van der Waals surface area (Å²) < 4.78 is 22.0. The van der Waals surface area contributed by atoms with Gasteiger partial charge in [0.05, 0.1) is 32.5 Å². The van der Waals surface area contributed by atoms with Crippen molar-refractivity contribution < 1.29 is 44.5 Å². The number of allylic oxidation sites excluding steroid dienone is 3. The summed E-state index contributed by atoms with van der Waals surface area (Å²) in [6, 6.07) is 0. The monoisotopic (exact) mass is 593 g/mol. The first-order valence-electron chi connectivity index (χ1n) is 13.9. The molecule has 1 aliphatic rings. The second-order valence-corrected chi connectivity index (χ2v) is 10.9. The Morgan fingerprint density at radius 1 is 1.14 bits per heavy atom. The highest BCUT2D eigenvalue weighted by Crippen LogP contribution is 2.28. The van der Waals surface area contributed by atoms with E-state index in [2.05, 4.69) is 4.98 Å². The second kappa shape index (κ2) is 15.6. The van der Waals surface area contributed by atoms with Gasteiger partial charge in [0.1, 0.15) is 24.4 Å². The van der Waals surface area contributed by atoms with Gasteiger partial charge in [-0.1, -0.05) is 42.9 Å². The number of aromatic nitrogens is 1. The Bertz CT molecular complexity index is 1210. The molecular weight excluding hydrogens is 546 g/mol. The van der Waals surface area contributed by atoms with Crippen molar-refractivity contribution in [1.29, 1.82) is 0 Å². The van der Waals surface area contributed by atoms with Crippen molar-refractivity contribution in [2.45, 2.75) is 90.4 Å². The van der Waals surface area contributed by atoms with Crippen molar-refractivity contribution in [2.75, 3.05) is 20.8 Å². The first-order chi connectivity index (χ1) is 19.7. The molecule has 1 saturated heterocycles. The highest BCUT2D eigenvalue weighted by molar-refractivity contribution is 5.54. The van der Waals surface area contributed by atoms with Crippen LogP contribution in [0.2, 0.25) is 0 Å². The van der Waals surface area contributed by atoms with Gasteiger partial charge in [-0.2, -0.15) is 0 Å². The van der Waals surface area contributed by atoms with Crippen LogP contribution in [-0.4, -0.2) is 93.8 Å². The molecule has 42 heavy (non-hydrogen) atoms. The van der Waals surface area contributed by atoms with E-state index in [0.717, 1.165) is 11.1 Å². The number of aliphatic hydroxyl groups is 5. The average molecular weight is 594 g/mol. The Hall–Kier alpha value is -2.77. The lowest BCUT2D eigenvalue weighted by Gasteiger charge is -2.41. The lowest BCUT2D eigenvalue weighted by Crippen LogP contribution is -2.60. The van der Waals surface area contributed by atoms with E-state index in [1.54, 1.807) is 26.0 Å². The molecule has 0 aliphatic carbocycles. The number of rotatable bonds is 13. The number of pyridine rings is 1. The van der Waals surface area contributed by atoms with Gasteiger partial charge in [0, 0.05) is 17.2 Å². The Labute approximate surface area is 247 Å². The van der Waals surface area contributed by atoms with E-state index in [1.165, 1.54) is 14.2 Å². The Balaban J connectivity index is 2.14. The molecule has 11 heteroatoms. The van der Waals surface area contributed by atoms with E-state index in [4.69, 9.17) is 18.9 Å². The van der Waals surface area contributed by atoms with E-state index in [-0.39, 0.29) is 29.4 Å². The zero-order valence-corrected chi connectivity index (χ0v) is 25.7. The Morgan fingerprint density at radius 3 is 2.38 bits per heavy atom. The van der Waals surface area contributed by atoms with Crippen LogP contribution in [0.1, 0.15) is 52.3 Å². The van der Waals surface area contributed by atoms with Gasteiger partial charge in [-0.05, 0) is 52.7 Å². The smallest absolute Gasteiger partial charge is 0.238 e. The number of H-pyrrole nitrogens is 1. The van der Waals surface area contributed by atoms with Gasteiger partial charge in [0.2, 0.25) is 17.1 Å². The van der Waals surface area contributed by atoms with Gasteiger partial charge in [0.25, 0.3) is 0 Å². The molecule has 6 N–H and O–H groups in total. The highest BCUT2D eigenvalue weighted by Gasteiger charge is 2.45. The fourth-order valence-electron chi connectivity index (χ4n) is 4.67. The summed E-state index contributed by atoms with van der Waals surface area (Å²) in [6.45, 7) is 10.4. The maximum atomic E-state index is 12.6. The third kappa shape index (κ3) is 8.87. The molecule has 0 spiro atoms. The van der Waals surface area contributed by atoms with Crippen molar-refractivity contribution in [1.82, 2.24) is 4.98 Å². The molecule has 1 aromatic rings. The standard InChI is InChI=1S/C31H47NO10/c1-9-18(3)27(42-30-26(37)25(36)24(35)22(16-33)41-30)19(4)15-17(2)11-10-13-31(6,38)14-12-21-20(5)23(34)28(39-7)29(32-21)40-8/h9-12,14-15,19,22,24-27,30,33,35-38H,13,16H2,1-8H3,(H,32,34)/b11-10+,14-12-,17-15-,18-9-/t19-,22+,24+,25-,26+,27+,30-,31-/m0/s1. The summed E-state index contributed by atoms with van der Waals surface area (Å²) in [4.78, 5) is 15.6. The zero-order chi connectivity index (χ0) is 31.8. The zero-order valence-electron chi connectivity index (χ0n) is 25.7.